The molecule has 154 valence electrons. The van der Waals surface area contributed by atoms with E-state index in [0.717, 1.165) is 24.7 Å². The van der Waals surface area contributed by atoms with Gasteiger partial charge < -0.3 is 24.8 Å². The summed E-state index contributed by atoms with van der Waals surface area (Å²) in [6.07, 6.45) is 1.21. The summed E-state index contributed by atoms with van der Waals surface area (Å²) in [5.74, 6) is 2.15. The van der Waals surface area contributed by atoms with Gasteiger partial charge in [0.2, 0.25) is 0 Å². The molecule has 2 unspecified atom stereocenters. The fourth-order valence-electron chi connectivity index (χ4n) is 2.81. The lowest BCUT2D eigenvalue weighted by Gasteiger charge is -2.20. The fourth-order valence-corrected chi connectivity index (χ4v) is 2.81. The van der Waals surface area contributed by atoms with Gasteiger partial charge in [0, 0.05) is 19.7 Å². The summed E-state index contributed by atoms with van der Waals surface area (Å²) in [7, 11) is 1.77. The molecule has 0 spiro atoms. The number of benzene rings is 1. The zero-order valence-electron chi connectivity index (χ0n) is 16.9. The first-order chi connectivity index (χ1) is 12.6. The molecule has 0 saturated carbocycles. The maximum atomic E-state index is 5.93. The second-order valence-corrected chi connectivity index (χ2v) is 6.90. The average molecular weight is 491 g/mol. The molecular formula is C20H34IN3O3. The molecule has 2 rings (SSSR count). The fraction of sp³-hybridized carbons (Fsp3) is 0.650. The second kappa shape index (κ2) is 13.2. The first-order valence-electron chi connectivity index (χ1n) is 9.48. The van der Waals surface area contributed by atoms with Gasteiger partial charge in [-0.25, -0.2) is 0 Å². The molecule has 1 fully saturated rings. The van der Waals surface area contributed by atoms with Gasteiger partial charge in [-0.2, -0.15) is 0 Å². The van der Waals surface area contributed by atoms with Gasteiger partial charge in [-0.15, -0.1) is 24.0 Å². The van der Waals surface area contributed by atoms with Crippen molar-refractivity contribution in [2.45, 2.75) is 45.3 Å². The molecule has 1 aliphatic rings. The van der Waals surface area contributed by atoms with Crippen molar-refractivity contribution in [2.75, 3.05) is 40.0 Å². The van der Waals surface area contributed by atoms with E-state index in [4.69, 9.17) is 14.2 Å². The molecular weight excluding hydrogens is 457 g/mol. The first kappa shape index (κ1) is 24.0. The third kappa shape index (κ3) is 8.66. The van der Waals surface area contributed by atoms with Crippen molar-refractivity contribution in [1.29, 1.82) is 0 Å². The van der Waals surface area contributed by atoms with Crippen molar-refractivity contribution in [1.82, 2.24) is 10.6 Å². The highest BCUT2D eigenvalue weighted by atomic mass is 127. The largest absolute Gasteiger partial charge is 0.491 e. The van der Waals surface area contributed by atoms with Crippen LogP contribution >= 0.6 is 24.0 Å². The third-order valence-corrected chi connectivity index (χ3v) is 4.27. The highest BCUT2D eigenvalue weighted by Gasteiger charge is 2.17. The van der Waals surface area contributed by atoms with Crippen LogP contribution in [0.2, 0.25) is 0 Å². The molecule has 0 radical (unpaired) electrons. The van der Waals surface area contributed by atoms with Crippen molar-refractivity contribution >= 4 is 29.9 Å². The Morgan fingerprint density at radius 1 is 1.30 bits per heavy atom. The molecule has 2 atom stereocenters. The molecule has 0 aromatic heterocycles. The zero-order valence-corrected chi connectivity index (χ0v) is 19.2. The lowest BCUT2D eigenvalue weighted by Crippen LogP contribution is -2.45. The number of aliphatic imine (C=N–C) groups is 1. The summed E-state index contributed by atoms with van der Waals surface area (Å²) in [6.45, 7) is 9.82. The number of ether oxygens (including phenoxy) is 3. The minimum Gasteiger partial charge on any atom is -0.491 e. The molecule has 1 aliphatic heterocycles. The van der Waals surface area contributed by atoms with Crippen molar-refractivity contribution in [3.8, 4) is 5.75 Å². The summed E-state index contributed by atoms with van der Waals surface area (Å²) >= 11 is 0. The van der Waals surface area contributed by atoms with Gasteiger partial charge in [0.1, 0.15) is 12.4 Å². The van der Waals surface area contributed by atoms with Crippen LogP contribution in [-0.4, -0.2) is 58.1 Å². The van der Waals surface area contributed by atoms with E-state index in [1.807, 2.05) is 18.2 Å². The quantitative estimate of drug-likeness (QED) is 0.241. The topological polar surface area (TPSA) is 64.1 Å². The summed E-state index contributed by atoms with van der Waals surface area (Å²) in [5, 5.41) is 6.62. The van der Waals surface area contributed by atoms with Crippen molar-refractivity contribution in [2.24, 2.45) is 4.99 Å². The molecule has 0 bridgehead atoms. The van der Waals surface area contributed by atoms with E-state index in [-0.39, 0.29) is 36.1 Å². The number of halogens is 1. The molecule has 27 heavy (non-hydrogen) atoms. The van der Waals surface area contributed by atoms with Crippen LogP contribution in [0.15, 0.2) is 29.3 Å². The average Bonchev–Trinajstić information content (AvgIpc) is 3.16. The van der Waals surface area contributed by atoms with Crippen LogP contribution in [0.5, 0.6) is 5.75 Å². The van der Waals surface area contributed by atoms with Gasteiger partial charge in [-0.3, -0.25) is 4.99 Å². The Bertz CT molecular complexity index is 563. The van der Waals surface area contributed by atoms with Gasteiger partial charge in [0.15, 0.2) is 5.96 Å². The Labute approximate surface area is 180 Å². The van der Waals surface area contributed by atoms with Crippen LogP contribution in [0.4, 0.5) is 0 Å². The first-order valence-corrected chi connectivity index (χ1v) is 9.48. The Morgan fingerprint density at radius 2 is 2.07 bits per heavy atom. The van der Waals surface area contributed by atoms with E-state index in [1.165, 1.54) is 5.56 Å². The van der Waals surface area contributed by atoms with Crippen molar-refractivity contribution in [3.05, 3.63) is 29.8 Å². The van der Waals surface area contributed by atoms with E-state index in [2.05, 4.69) is 42.5 Å². The highest BCUT2D eigenvalue weighted by molar-refractivity contribution is 14.0. The number of hydrogen-bond acceptors (Lipinski definition) is 4. The number of rotatable bonds is 9. The van der Waals surface area contributed by atoms with Crippen LogP contribution in [-0.2, 0) is 9.47 Å². The molecule has 0 amide bonds. The van der Waals surface area contributed by atoms with Crippen molar-refractivity contribution in [3.63, 3.8) is 0 Å². The lowest BCUT2D eigenvalue weighted by molar-refractivity contribution is 0.0347. The van der Waals surface area contributed by atoms with E-state index < -0.39 is 0 Å². The zero-order chi connectivity index (χ0) is 18.8. The van der Waals surface area contributed by atoms with Gasteiger partial charge in [0.25, 0.3) is 0 Å². The molecule has 1 heterocycles. The SMILES string of the molecule is CN=C(NCCOc1ccccc1C(C)C)NC(C)COC1CCOC1.I. The number of guanidine groups is 1. The Morgan fingerprint density at radius 3 is 2.74 bits per heavy atom. The minimum atomic E-state index is 0. The number of para-hydroxylation sites is 1. The number of hydrogen-bond donors (Lipinski definition) is 2. The molecule has 1 aromatic rings. The number of nitrogens with one attached hydrogen (secondary N) is 2. The van der Waals surface area contributed by atoms with Gasteiger partial charge >= 0.3 is 0 Å². The van der Waals surface area contributed by atoms with Gasteiger partial charge in [-0.1, -0.05) is 32.0 Å². The second-order valence-electron chi connectivity index (χ2n) is 6.90. The molecule has 6 nitrogen and oxygen atoms in total. The lowest BCUT2D eigenvalue weighted by atomic mass is 10.0. The maximum Gasteiger partial charge on any atom is 0.191 e. The number of nitrogens with zero attached hydrogens (tertiary/aromatic N) is 1. The van der Waals surface area contributed by atoms with Crippen molar-refractivity contribution < 1.29 is 14.2 Å². The molecule has 1 aromatic carbocycles. The van der Waals surface area contributed by atoms with Crippen LogP contribution in [0.1, 0.15) is 38.7 Å². The van der Waals surface area contributed by atoms with Crippen LogP contribution in [0.3, 0.4) is 0 Å². The minimum absolute atomic E-state index is 0. The van der Waals surface area contributed by atoms with Crippen LogP contribution < -0.4 is 15.4 Å². The highest BCUT2D eigenvalue weighted by Crippen LogP contribution is 2.25. The predicted octanol–water partition coefficient (Wildman–Crippen LogP) is 3.17. The molecule has 2 N–H and O–H groups in total. The third-order valence-electron chi connectivity index (χ3n) is 4.27. The van der Waals surface area contributed by atoms with E-state index >= 15 is 0 Å². The summed E-state index contributed by atoms with van der Waals surface area (Å²) in [4.78, 5) is 4.26. The summed E-state index contributed by atoms with van der Waals surface area (Å²) < 4.78 is 17.1. The summed E-state index contributed by atoms with van der Waals surface area (Å²) in [5.41, 5.74) is 1.23. The maximum absolute atomic E-state index is 5.93. The smallest absolute Gasteiger partial charge is 0.191 e. The standard InChI is InChI=1S/C20H33N3O3.HI/c1-15(2)18-7-5-6-8-19(18)25-12-10-22-20(21-4)23-16(3)13-26-17-9-11-24-14-17;/h5-8,15-17H,9-14H2,1-4H3,(H2,21,22,23);1H. The molecule has 1 saturated heterocycles. The van der Waals surface area contributed by atoms with E-state index in [1.54, 1.807) is 7.05 Å². The van der Waals surface area contributed by atoms with E-state index in [9.17, 15) is 0 Å². The normalized spacial score (nSPS) is 18.1. The Balaban J connectivity index is 0.00000364. The molecule has 0 aliphatic carbocycles. The van der Waals surface area contributed by atoms with Gasteiger partial charge in [-0.05, 0) is 30.9 Å². The summed E-state index contributed by atoms with van der Waals surface area (Å²) in [6, 6.07) is 8.36. The predicted molar refractivity (Wildman–Crippen MR) is 121 cm³/mol. The molecule has 7 heteroatoms. The van der Waals surface area contributed by atoms with Crippen LogP contribution in [0.25, 0.3) is 0 Å². The van der Waals surface area contributed by atoms with Crippen LogP contribution in [0, 0.1) is 0 Å². The van der Waals surface area contributed by atoms with E-state index in [0.29, 0.717) is 32.3 Å². The Hall–Kier alpha value is -1.06. The Kier molecular flexibility index (Phi) is 11.7. The monoisotopic (exact) mass is 491 g/mol. The van der Waals surface area contributed by atoms with Gasteiger partial charge in [0.05, 0.1) is 25.9 Å².